The van der Waals surface area contributed by atoms with Gasteiger partial charge >= 0.3 is 6.03 Å². The lowest BCUT2D eigenvalue weighted by atomic mass is 10.1. The molecule has 0 radical (unpaired) electrons. The largest absolute Gasteiger partial charge is 0.352 e. The number of carbonyl (C=O) groups excluding carboxylic acids is 1. The summed E-state index contributed by atoms with van der Waals surface area (Å²) in [4.78, 5) is 10.5. The Morgan fingerprint density at radius 1 is 1.41 bits per heavy atom. The highest BCUT2D eigenvalue weighted by atomic mass is 79.9. The molecule has 1 unspecified atom stereocenters. The van der Waals surface area contributed by atoms with Gasteiger partial charge in [-0.1, -0.05) is 37.9 Å². The number of nitrogens with one attached hydrogen (secondary N) is 2. The maximum absolute atomic E-state index is 10.5. The first-order valence-corrected chi connectivity index (χ1v) is 6.81. The standard InChI is InChI=1S/C11H15Br2N3O/c1-7(15-4-5-16-11(14)17)9-3-2-8(12)6-10(9)13/h2-3,6-7,15H,4-5H2,1H3,(H3,14,16,17). The van der Waals surface area contributed by atoms with E-state index in [-0.39, 0.29) is 6.04 Å². The molecule has 0 spiro atoms. The summed E-state index contributed by atoms with van der Waals surface area (Å²) >= 11 is 6.93. The fraction of sp³-hybridized carbons (Fsp3) is 0.364. The number of urea groups is 1. The average molecular weight is 365 g/mol. The summed E-state index contributed by atoms with van der Waals surface area (Å²) in [5, 5.41) is 5.83. The van der Waals surface area contributed by atoms with E-state index in [0.29, 0.717) is 13.1 Å². The van der Waals surface area contributed by atoms with Gasteiger partial charge in [0.25, 0.3) is 0 Å². The van der Waals surface area contributed by atoms with Gasteiger partial charge < -0.3 is 16.4 Å². The number of rotatable bonds is 5. The van der Waals surface area contributed by atoms with E-state index in [1.165, 1.54) is 5.56 Å². The summed E-state index contributed by atoms with van der Waals surface area (Å²) < 4.78 is 2.09. The fourth-order valence-electron chi connectivity index (χ4n) is 1.44. The lowest BCUT2D eigenvalue weighted by molar-refractivity contribution is 0.249. The Labute approximate surface area is 118 Å². The lowest BCUT2D eigenvalue weighted by Crippen LogP contribution is -2.36. The van der Waals surface area contributed by atoms with Crippen LogP contribution in [-0.2, 0) is 0 Å². The molecule has 17 heavy (non-hydrogen) atoms. The molecular weight excluding hydrogens is 350 g/mol. The van der Waals surface area contributed by atoms with Crippen molar-refractivity contribution in [3.8, 4) is 0 Å². The topological polar surface area (TPSA) is 67.2 Å². The Morgan fingerprint density at radius 3 is 2.71 bits per heavy atom. The highest BCUT2D eigenvalue weighted by Gasteiger charge is 2.08. The van der Waals surface area contributed by atoms with Gasteiger partial charge in [-0.3, -0.25) is 0 Å². The van der Waals surface area contributed by atoms with Crippen molar-refractivity contribution in [2.24, 2.45) is 5.73 Å². The molecule has 1 rings (SSSR count). The number of carbonyl (C=O) groups is 1. The van der Waals surface area contributed by atoms with Crippen LogP contribution >= 0.6 is 31.9 Å². The molecule has 2 amide bonds. The van der Waals surface area contributed by atoms with Gasteiger partial charge in [0.15, 0.2) is 0 Å². The van der Waals surface area contributed by atoms with Crippen LogP contribution in [0.3, 0.4) is 0 Å². The Balaban J connectivity index is 2.46. The number of halogens is 2. The summed E-state index contributed by atoms with van der Waals surface area (Å²) in [5.74, 6) is 0. The quantitative estimate of drug-likeness (QED) is 0.703. The molecule has 1 atom stereocenters. The summed E-state index contributed by atoms with van der Waals surface area (Å²) in [5.41, 5.74) is 6.14. The molecule has 0 aliphatic carbocycles. The summed E-state index contributed by atoms with van der Waals surface area (Å²) in [6.07, 6.45) is 0. The summed E-state index contributed by atoms with van der Waals surface area (Å²) in [6, 6.07) is 5.76. The van der Waals surface area contributed by atoms with Crippen molar-refractivity contribution in [2.45, 2.75) is 13.0 Å². The molecule has 4 nitrogen and oxygen atoms in total. The van der Waals surface area contributed by atoms with Gasteiger partial charge in [-0.25, -0.2) is 4.79 Å². The monoisotopic (exact) mass is 363 g/mol. The third-order valence-corrected chi connectivity index (χ3v) is 3.48. The van der Waals surface area contributed by atoms with Gasteiger partial charge in [0.05, 0.1) is 0 Å². The van der Waals surface area contributed by atoms with Crippen molar-refractivity contribution in [1.29, 1.82) is 0 Å². The lowest BCUT2D eigenvalue weighted by Gasteiger charge is -2.16. The molecule has 0 heterocycles. The number of nitrogens with two attached hydrogens (primary N) is 1. The van der Waals surface area contributed by atoms with Crippen LogP contribution in [0.5, 0.6) is 0 Å². The Hall–Kier alpha value is -0.590. The molecule has 4 N–H and O–H groups in total. The highest BCUT2D eigenvalue weighted by Crippen LogP contribution is 2.26. The van der Waals surface area contributed by atoms with Crippen molar-refractivity contribution >= 4 is 37.9 Å². The maximum atomic E-state index is 10.5. The second-order valence-corrected chi connectivity index (χ2v) is 5.40. The zero-order valence-electron chi connectivity index (χ0n) is 9.47. The van der Waals surface area contributed by atoms with E-state index in [9.17, 15) is 4.79 Å². The number of hydrogen-bond donors (Lipinski definition) is 3. The van der Waals surface area contributed by atoms with Gasteiger partial charge in [0, 0.05) is 28.1 Å². The molecule has 1 aromatic carbocycles. The van der Waals surface area contributed by atoms with Gasteiger partial charge in [-0.15, -0.1) is 0 Å². The Morgan fingerprint density at radius 2 is 2.12 bits per heavy atom. The highest BCUT2D eigenvalue weighted by molar-refractivity contribution is 9.11. The predicted molar refractivity (Wildman–Crippen MR) is 75.8 cm³/mol. The first-order valence-electron chi connectivity index (χ1n) is 5.22. The predicted octanol–water partition coefficient (Wildman–Crippen LogP) is 2.53. The van der Waals surface area contributed by atoms with Gasteiger partial charge in [-0.2, -0.15) is 0 Å². The van der Waals surface area contributed by atoms with Crippen LogP contribution in [0, 0.1) is 0 Å². The normalized spacial score (nSPS) is 12.2. The number of hydrogen-bond acceptors (Lipinski definition) is 2. The van der Waals surface area contributed by atoms with Crippen molar-refractivity contribution in [3.05, 3.63) is 32.7 Å². The van der Waals surface area contributed by atoms with Crippen LogP contribution in [-0.4, -0.2) is 19.1 Å². The molecule has 0 aliphatic heterocycles. The van der Waals surface area contributed by atoms with Crippen molar-refractivity contribution in [2.75, 3.05) is 13.1 Å². The van der Waals surface area contributed by atoms with Gasteiger partial charge in [0.2, 0.25) is 0 Å². The van der Waals surface area contributed by atoms with Gasteiger partial charge in [-0.05, 0) is 24.6 Å². The number of amides is 2. The molecule has 0 saturated carbocycles. The number of primary amides is 1. The van der Waals surface area contributed by atoms with E-state index in [2.05, 4.69) is 49.4 Å². The third kappa shape index (κ3) is 5.06. The van der Waals surface area contributed by atoms with E-state index in [1.807, 2.05) is 18.2 Å². The van der Waals surface area contributed by atoms with E-state index in [4.69, 9.17) is 5.73 Å². The molecule has 94 valence electrons. The minimum atomic E-state index is -0.496. The summed E-state index contributed by atoms with van der Waals surface area (Å²) in [7, 11) is 0. The number of benzene rings is 1. The van der Waals surface area contributed by atoms with Crippen LogP contribution in [0.25, 0.3) is 0 Å². The molecule has 0 fully saturated rings. The molecule has 0 aliphatic rings. The molecule has 0 saturated heterocycles. The second kappa shape index (κ2) is 6.98. The minimum Gasteiger partial charge on any atom is -0.352 e. The van der Waals surface area contributed by atoms with Crippen LogP contribution in [0.15, 0.2) is 27.1 Å². The first kappa shape index (κ1) is 14.5. The van der Waals surface area contributed by atoms with E-state index < -0.39 is 6.03 Å². The van der Waals surface area contributed by atoms with Crippen molar-refractivity contribution < 1.29 is 4.79 Å². The van der Waals surface area contributed by atoms with Crippen molar-refractivity contribution in [1.82, 2.24) is 10.6 Å². The summed E-state index contributed by atoms with van der Waals surface area (Å²) in [6.45, 7) is 3.26. The minimum absolute atomic E-state index is 0.201. The Bertz CT molecular complexity index is 398. The Kier molecular flexibility index (Phi) is 5.94. The fourth-order valence-corrected chi connectivity index (χ4v) is 2.83. The molecule has 0 bridgehead atoms. The zero-order valence-corrected chi connectivity index (χ0v) is 12.6. The second-order valence-electron chi connectivity index (χ2n) is 3.63. The van der Waals surface area contributed by atoms with Crippen LogP contribution in [0.4, 0.5) is 4.79 Å². The van der Waals surface area contributed by atoms with Crippen LogP contribution < -0.4 is 16.4 Å². The van der Waals surface area contributed by atoms with Crippen LogP contribution in [0.1, 0.15) is 18.5 Å². The zero-order chi connectivity index (χ0) is 12.8. The van der Waals surface area contributed by atoms with E-state index in [1.54, 1.807) is 0 Å². The van der Waals surface area contributed by atoms with Gasteiger partial charge in [0.1, 0.15) is 0 Å². The molecule has 0 aromatic heterocycles. The third-order valence-electron chi connectivity index (χ3n) is 2.30. The smallest absolute Gasteiger partial charge is 0.312 e. The van der Waals surface area contributed by atoms with E-state index in [0.717, 1.165) is 8.95 Å². The SMILES string of the molecule is CC(NCCNC(N)=O)c1ccc(Br)cc1Br. The average Bonchev–Trinajstić information content (AvgIpc) is 2.23. The van der Waals surface area contributed by atoms with Crippen LogP contribution in [0.2, 0.25) is 0 Å². The van der Waals surface area contributed by atoms with Crippen molar-refractivity contribution in [3.63, 3.8) is 0 Å². The molecular formula is C11H15Br2N3O. The first-order chi connectivity index (χ1) is 8.00. The van der Waals surface area contributed by atoms with E-state index >= 15 is 0 Å². The molecule has 6 heteroatoms. The molecule has 1 aromatic rings. The maximum Gasteiger partial charge on any atom is 0.312 e.